The predicted octanol–water partition coefficient (Wildman–Crippen LogP) is -2.88. The fraction of sp³-hybridized carbons (Fsp3) is 0.500. The Hall–Kier alpha value is 0.678. The minimum Gasteiger partial charge on any atom is -0.479 e. The number of aliphatic hydroxyl groups excluding tert-OH is 2. The molecule has 0 aliphatic carbocycles. The van der Waals surface area contributed by atoms with Gasteiger partial charge in [-0.15, -0.1) is 0 Å². The van der Waals surface area contributed by atoms with Crippen LogP contribution in [0, 0.1) is 0 Å². The molecule has 0 rings (SSSR count). The molecule has 8 heteroatoms. The van der Waals surface area contributed by atoms with Crippen molar-refractivity contribution in [2.45, 2.75) is 12.2 Å². The summed E-state index contributed by atoms with van der Waals surface area (Å²) in [6.45, 7) is 0. The molecule has 6 nitrogen and oxygen atoms in total. The summed E-state index contributed by atoms with van der Waals surface area (Å²) in [6.07, 6.45) is -4.53. The molecule has 0 bridgehead atoms. The summed E-state index contributed by atoms with van der Waals surface area (Å²) in [6, 6.07) is 0. The van der Waals surface area contributed by atoms with Gasteiger partial charge in [0.05, 0.1) is 0 Å². The third-order valence-corrected chi connectivity index (χ3v) is 0.805. The Labute approximate surface area is 107 Å². The monoisotopic (exact) mass is 294 g/mol. The van der Waals surface area contributed by atoms with Gasteiger partial charge in [-0.25, -0.2) is 9.59 Å². The molecule has 0 fully saturated rings. The fourth-order valence-electron chi connectivity index (χ4n) is 0.270. The second-order valence-corrected chi connectivity index (χ2v) is 1.57. The largest absolute Gasteiger partial charge is 0.479 e. The molecule has 2 unspecified atom stereocenters. The van der Waals surface area contributed by atoms with Crippen LogP contribution in [-0.4, -0.2) is 98.6 Å². The molecule has 2 atom stereocenters. The summed E-state index contributed by atoms with van der Waals surface area (Å²) in [5.74, 6) is -3.54. The molecule has 0 aromatic heterocycles. The van der Waals surface area contributed by atoms with Crippen LogP contribution < -0.4 is 0 Å². The third kappa shape index (κ3) is 6.22. The van der Waals surface area contributed by atoms with Gasteiger partial charge < -0.3 is 20.4 Å². The van der Waals surface area contributed by atoms with Crippen molar-refractivity contribution in [2.24, 2.45) is 0 Å². The van der Waals surface area contributed by atoms with Crippen LogP contribution in [0.5, 0.6) is 0 Å². The van der Waals surface area contributed by atoms with Crippen LogP contribution in [-0.2, 0) is 9.59 Å². The van der Waals surface area contributed by atoms with Crippen LogP contribution in [0.2, 0.25) is 0 Å². The zero-order chi connectivity index (χ0) is 8.31. The Morgan fingerprint density at radius 3 is 1.17 bits per heavy atom. The molecule has 0 spiro atoms. The maximum Gasteiger partial charge on any atom is 0.335 e. The van der Waals surface area contributed by atoms with Crippen LogP contribution >= 0.6 is 0 Å². The van der Waals surface area contributed by atoms with Gasteiger partial charge in [0, 0.05) is 54.0 Å². The quantitative estimate of drug-likeness (QED) is 0.416. The van der Waals surface area contributed by atoms with E-state index in [9.17, 15) is 9.59 Å². The molecule has 0 aromatic carbocycles. The fourth-order valence-corrected chi connectivity index (χ4v) is 0.270. The number of aliphatic hydroxyl groups is 2. The standard InChI is InChI=1S/C4H6O6.Na.Sb/c5-1(3(7)8)2(6)4(9)10;;/h1-2,5-6H,(H,7,8)(H,9,10);;. The Balaban J connectivity index is -0.000000405. The normalized spacial score (nSPS) is 13.2. The number of carboxylic acids is 2. The summed E-state index contributed by atoms with van der Waals surface area (Å²) in [7, 11) is 0. The van der Waals surface area contributed by atoms with Gasteiger partial charge in [0.2, 0.25) is 0 Å². The predicted molar refractivity (Wildman–Crippen MR) is 38.8 cm³/mol. The summed E-state index contributed by atoms with van der Waals surface area (Å²) in [5.41, 5.74) is 0. The van der Waals surface area contributed by atoms with Gasteiger partial charge in [-0.05, 0) is 0 Å². The molecule has 64 valence electrons. The zero-order valence-electron chi connectivity index (χ0n) is 6.21. The molecule has 0 aliphatic heterocycles. The average molecular weight is 295 g/mol. The third-order valence-electron chi connectivity index (χ3n) is 0.805. The van der Waals surface area contributed by atoms with Crippen LogP contribution in [0.25, 0.3) is 0 Å². The molecule has 12 heavy (non-hydrogen) atoms. The minimum absolute atomic E-state index is 0. The van der Waals surface area contributed by atoms with E-state index >= 15 is 0 Å². The van der Waals surface area contributed by atoms with Crippen LogP contribution in [0.1, 0.15) is 0 Å². The van der Waals surface area contributed by atoms with E-state index in [1.807, 2.05) is 0 Å². The van der Waals surface area contributed by atoms with Crippen molar-refractivity contribution in [2.75, 3.05) is 0 Å². The number of carbonyl (C=O) groups is 2. The molecule has 0 saturated heterocycles. The van der Waals surface area contributed by atoms with Crippen LogP contribution in [0.3, 0.4) is 0 Å². The molecular formula is C4H6NaO6Sb. The van der Waals surface area contributed by atoms with Crippen molar-refractivity contribution >= 4 is 65.9 Å². The Morgan fingerprint density at radius 1 is 0.917 bits per heavy atom. The van der Waals surface area contributed by atoms with Gasteiger partial charge in [-0.1, -0.05) is 0 Å². The van der Waals surface area contributed by atoms with Gasteiger partial charge in [-0.3, -0.25) is 0 Å². The van der Waals surface area contributed by atoms with E-state index in [4.69, 9.17) is 20.4 Å². The smallest absolute Gasteiger partial charge is 0.335 e. The van der Waals surface area contributed by atoms with Crippen molar-refractivity contribution in [1.82, 2.24) is 0 Å². The van der Waals surface area contributed by atoms with E-state index in [0.29, 0.717) is 0 Å². The number of hydrogen-bond donors (Lipinski definition) is 4. The molecule has 0 saturated carbocycles. The second-order valence-electron chi connectivity index (χ2n) is 1.57. The first-order chi connectivity index (χ1) is 4.46. The molecule has 4 N–H and O–H groups in total. The molecule has 0 aromatic rings. The van der Waals surface area contributed by atoms with Gasteiger partial charge in [0.25, 0.3) is 0 Å². The van der Waals surface area contributed by atoms with E-state index in [2.05, 4.69) is 0 Å². The Morgan fingerprint density at radius 2 is 1.08 bits per heavy atom. The van der Waals surface area contributed by atoms with Gasteiger partial charge >= 0.3 is 11.9 Å². The summed E-state index contributed by atoms with van der Waals surface area (Å²) in [4.78, 5) is 19.5. The van der Waals surface area contributed by atoms with Gasteiger partial charge in [-0.2, -0.15) is 0 Å². The first-order valence-corrected chi connectivity index (χ1v) is 2.28. The molecule has 4 radical (unpaired) electrons. The zero-order valence-corrected chi connectivity index (χ0v) is 10.8. The molecule has 0 heterocycles. The summed E-state index contributed by atoms with van der Waals surface area (Å²) in [5, 5.41) is 32.5. The maximum absolute atomic E-state index is 9.77. The van der Waals surface area contributed by atoms with E-state index in [1.54, 1.807) is 0 Å². The Kier molecular flexibility index (Phi) is 12.7. The van der Waals surface area contributed by atoms with E-state index < -0.39 is 24.1 Å². The average Bonchev–Trinajstić information content (AvgIpc) is 1.84. The first-order valence-electron chi connectivity index (χ1n) is 2.28. The topological polar surface area (TPSA) is 115 Å². The van der Waals surface area contributed by atoms with Crippen molar-refractivity contribution in [3.8, 4) is 0 Å². The molecule has 0 aliphatic rings. The molecule has 0 amide bonds. The number of aliphatic carboxylic acids is 2. The van der Waals surface area contributed by atoms with Crippen molar-refractivity contribution in [3.63, 3.8) is 0 Å². The van der Waals surface area contributed by atoms with Gasteiger partial charge in [0.1, 0.15) is 0 Å². The van der Waals surface area contributed by atoms with Gasteiger partial charge in [0.15, 0.2) is 12.2 Å². The number of hydrogen-bond acceptors (Lipinski definition) is 4. The van der Waals surface area contributed by atoms with E-state index in [-0.39, 0.29) is 54.0 Å². The van der Waals surface area contributed by atoms with Crippen molar-refractivity contribution in [1.29, 1.82) is 0 Å². The number of carboxylic acid groups (broad SMARTS) is 2. The van der Waals surface area contributed by atoms with Crippen LogP contribution in [0.4, 0.5) is 0 Å². The maximum atomic E-state index is 9.77. The first kappa shape index (κ1) is 18.5. The second kappa shape index (κ2) is 8.28. The Bertz CT molecular complexity index is 144. The van der Waals surface area contributed by atoms with Crippen LogP contribution in [0.15, 0.2) is 0 Å². The van der Waals surface area contributed by atoms with Crippen molar-refractivity contribution in [3.05, 3.63) is 0 Å². The SMILES string of the molecule is O=C(O)C(O)C(O)C(=O)O.[Na].[Sb]. The van der Waals surface area contributed by atoms with E-state index in [1.165, 1.54) is 0 Å². The summed E-state index contributed by atoms with van der Waals surface area (Å²) < 4.78 is 0. The number of rotatable bonds is 3. The van der Waals surface area contributed by atoms with E-state index in [0.717, 1.165) is 0 Å². The summed E-state index contributed by atoms with van der Waals surface area (Å²) >= 11 is 0. The van der Waals surface area contributed by atoms with Crippen molar-refractivity contribution < 1.29 is 30.0 Å². The minimum atomic E-state index is -2.27. The molecular weight excluding hydrogens is 289 g/mol.